The Labute approximate surface area is 112 Å². The molecule has 0 atom stereocenters. The number of nitrogens with zero attached hydrogens (tertiary/aromatic N) is 2. The van der Waals surface area contributed by atoms with Gasteiger partial charge < -0.3 is 5.32 Å². The molecule has 6 heteroatoms. The molecule has 0 amide bonds. The predicted molar refractivity (Wildman–Crippen MR) is 75.3 cm³/mol. The van der Waals surface area contributed by atoms with Crippen molar-refractivity contribution in [1.29, 1.82) is 0 Å². The third-order valence-electron chi connectivity index (χ3n) is 2.00. The van der Waals surface area contributed by atoms with Crippen LogP contribution in [-0.4, -0.2) is 21.2 Å². The van der Waals surface area contributed by atoms with Crippen molar-refractivity contribution in [2.75, 3.05) is 11.9 Å². The summed E-state index contributed by atoms with van der Waals surface area (Å²) in [4.78, 5) is 14.9. The molecule has 1 N–H and O–H groups in total. The molecular formula is C12H19N3O2S. The maximum absolute atomic E-state index is 11.0. The summed E-state index contributed by atoms with van der Waals surface area (Å²) in [5.74, 6) is 0.689. The summed E-state index contributed by atoms with van der Waals surface area (Å²) in [6.07, 6.45) is 0.987. The van der Waals surface area contributed by atoms with E-state index in [9.17, 15) is 10.1 Å². The summed E-state index contributed by atoms with van der Waals surface area (Å²) < 4.78 is -0.110. The molecule has 1 heterocycles. The van der Waals surface area contributed by atoms with Gasteiger partial charge in [-0.25, -0.2) is 4.98 Å². The first-order valence-electron chi connectivity index (χ1n) is 5.92. The van der Waals surface area contributed by atoms with Crippen LogP contribution in [0.15, 0.2) is 17.2 Å². The van der Waals surface area contributed by atoms with Gasteiger partial charge in [0.25, 0.3) is 0 Å². The number of rotatable bonds is 5. The van der Waals surface area contributed by atoms with Gasteiger partial charge in [0.15, 0.2) is 5.03 Å². The van der Waals surface area contributed by atoms with Gasteiger partial charge in [-0.3, -0.25) is 10.1 Å². The molecule has 0 spiro atoms. The normalized spacial score (nSPS) is 11.3. The zero-order valence-corrected chi connectivity index (χ0v) is 12.0. The standard InChI is InChI=1S/C12H19N3O2S/c1-5-8-13-10-7-6-9(15(16)17)11(14-10)18-12(2,3)4/h6-7H,5,8H2,1-4H3,(H,13,14). The number of anilines is 1. The fourth-order valence-electron chi connectivity index (χ4n) is 1.29. The highest BCUT2D eigenvalue weighted by Crippen LogP contribution is 2.36. The highest BCUT2D eigenvalue weighted by atomic mass is 32.2. The van der Waals surface area contributed by atoms with E-state index in [1.165, 1.54) is 17.8 Å². The molecule has 0 fully saturated rings. The quantitative estimate of drug-likeness (QED) is 0.501. The molecule has 100 valence electrons. The maximum Gasteiger partial charge on any atom is 0.301 e. The Morgan fingerprint density at radius 1 is 1.44 bits per heavy atom. The summed E-state index contributed by atoms with van der Waals surface area (Å²) >= 11 is 1.41. The SMILES string of the molecule is CCCNc1ccc([N+](=O)[O-])c(SC(C)(C)C)n1. The van der Waals surface area contributed by atoms with Crippen LogP contribution in [0.5, 0.6) is 0 Å². The minimum absolute atomic E-state index is 0.0666. The highest BCUT2D eigenvalue weighted by molar-refractivity contribution is 8.00. The molecule has 0 saturated carbocycles. The van der Waals surface area contributed by atoms with Crippen LogP contribution >= 0.6 is 11.8 Å². The number of pyridine rings is 1. The zero-order chi connectivity index (χ0) is 13.8. The molecule has 0 unspecified atom stereocenters. The smallest absolute Gasteiger partial charge is 0.301 e. The van der Waals surface area contributed by atoms with Crippen molar-refractivity contribution in [3.63, 3.8) is 0 Å². The molecule has 1 aromatic rings. The van der Waals surface area contributed by atoms with Crippen LogP contribution in [0, 0.1) is 10.1 Å². The summed E-state index contributed by atoms with van der Waals surface area (Å²) in [5.41, 5.74) is 0.0666. The van der Waals surface area contributed by atoms with E-state index in [-0.39, 0.29) is 15.4 Å². The minimum atomic E-state index is -0.384. The van der Waals surface area contributed by atoms with Crippen LogP contribution in [-0.2, 0) is 0 Å². The zero-order valence-electron chi connectivity index (χ0n) is 11.2. The van der Waals surface area contributed by atoms with E-state index in [0.29, 0.717) is 10.8 Å². The van der Waals surface area contributed by atoms with E-state index in [1.54, 1.807) is 6.07 Å². The molecule has 1 aromatic heterocycles. The molecule has 5 nitrogen and oxygen atoms in total. The number of thioether (sulfide) groups is 1. The predicted octanol–water partition coefficient (Wildman–Crippen LogP) is 3.70. The lowest BCUT2D eigenvalue weighted by atomic mass is 10.3. The molecule has 0 radical (unpaired) electrons. The second-order valence-electron chi connectivity index (χ2n) is 4.92. The monoisotopic (exact) mass is 269 g/mol. The Hall–Kier alpha value is -1.30. The van der Waals surface area contributed by atoms with Crippen molar-refractivity contribution in [2.24, 2.45) is 0 Å². The van der Waals surface area contributed by atoms with Gasteiger partial charge in [0.2, 0.25) is 0 Å². The average Bonchev–Trinajstić information content (AvgIpc) is 2.23. The number of nitrogens with one attached hydrogen (secondary N) is 1. The molecule has 1 rings (SSSR count). The number of aromatic nitrogens is 1. The molecular weight excluding hydrogens is 250 g/mol. The maximum atomic E-state index is 11.0. The van der Waals surface area contributed by atoms with E-state index in [1.807, 2.05) is 20.8 Å². The fraction of sp³-hybridized carbons (Fsp3) is 0.583. The van der Waals surface area contributed by atoms with E-state index >= 15 is 0 Å². The minimum Gasteiger partial charge on any atom is -0.370 e. The lowest BCUT2D eigenvalue weighted by molar-refractivity contribution is -0.388. The van der Waals surface area contributed by atoms with E-state index in [4.69, 9.17) is 0 Å². The topological polar surface area (TPSA) is 68.1 Å². The van der Waals surface area contributed by atoms with Gasteiger partial charge in [-0.1, -0.05) is 39.5 Å². The Morgan fingerprint density at radius 3 is 2.61 bits per heavy atom. The second kappa shape index (κ2) is 6.04. The van der Waals surface area contributed by atoms with Gasteiger partial charge in [-0.15, -0.1) is 0 Å². The van der Waals surface area contributed by atoms with E-state index in [2.05, 4.69) is 17.2 Å². The van der Waals surface area contributed by atoms with Gasteiger partial charge in [-0.05, 0) is 12.5 Å². The van der Waals surface area contributed by atoms with Crippen molar-refractivity contribution in [1.82, 2.24) is 4.98 Å². The van der Waals surface area contributed by atoms with Crippen molar-refractivity contribution < 1.29 is 4.92 Å². The summed E-state index contributed by atoms with van der Waals surface area (Å²) in [5, 5.41) is 14.6. The Morgan fingerprint density at radius 2 is 2.11 bits per heavy atom. The van der Waals surface area contributed by atoms with Gasteiger partial charge in [0.05, 0.1) is 4.92 Å². The molecule has 0 saturated heterocycles. The molecule has 18 heavy (non-hydrogen) atoms. The highest BCUT2D eigenvalue weighted by Gasteiger charge is 2.22. The first kappa shape index (κ1) is 14.8. The van der Waals surface area contributed by atoms with Gasteiger partial charge in [0.1, 0.15) is 5.82 Å². The first-order valence-corrected chi connectivity index (χ1v) is 6.73. The van der Waals surface area contributed by atoms with Crippen LogP contribution in [0.2, 0.25) is 0 Å². The molecule has 0 aromatic carbocycles. The van der Waals surface area contributed by atoms with Crippen LogP contribution in [0.1, 0.15) is 34.1 Å². The number of nitro groups is 1. The van der Waals surface area contributed by atoms with E-state index in [0.717, 1.165) is 13.0 Å². The lowest BCUT2D eigenvalue weighted by Crippen LogP contribution is -2.10. The third kappa shape index (κ3) is 4.52. The number of hydrogen-bond acceptors (Lipinski definition) is 5. The van der Waals surface area contributed by atoms with E-state index < -0.39 is 0 Å². The summed E-state index contributed by atoms with van der Waals surface area (Å²) in [6, 6.07) is 3.17. The van der Waals surface area contributed by atoms with Gasteiger partial charge in [-0.2, -0.15) is 0 Å². The third-order valence-corrected chi connectivity index (χ3v) is 3.10. The van der Waals surface area contributed by atoms with Crippen LogP contribution in [0.4, 0.5) is 11.5 Å². The summed E-state index contributed by atoms with van der Waals surface area (Å²) in [7, 11) is 0. The van der Waals surface area contributed by atoms with Crippen LogP contribution in [0.25, 0.3) is 0 Å². The molecule has 0 aliphatic carbocycles. The lowest BCUT2D eigenvalue weighted by Gasteiger charge is -2.17. The molecule has 0 bridgehead atoms. The molecule has 0 aliphatic heterocycles. The average molecular weight is 269 g/mol. The van der Waals surface area contributed by atoms with Gasteiger partial charge >= 0.3 is 5.69 Å². The Kier molecular flexibility index (Phi) is 4.95. The largest absolute Gasteiger partial charge is 0.370 e. The van der Waals surface area contributed by atoms with Gasteiger partial charge in [0, 0.05) is 17.4 Å². The van der Waals surface area contributed by atoms with Crippen LogP contribution < -0.4 is 5.32 Å². The van der Waals surface area contributed by atoms with Crippen molar-refractivity contribution in [2.45, 2.75) is 43.9 Å². The van der Waals surface area contributed by atoms with Crippen molar-refractivity contribution >= 4 is 23.3 Å². The fourth-order valence-corrected chi connectivity index (χ4v) is 2.26. The Bertz CT molecular complexity index is 430. The number of hydrogen-bond donors (Lipinski definition) is 1. The summed E-state index contributed by atoms with van der Waals surface area (Å²) in [6.45, 7) is 8.90. The second-order valence-corrected chi connectivity index (χ2v) is 6.73. The van der Waals surface area contributed by atoms with Crippen LogP contribution in [0.3, 0.4) is 0 Å². The van der Waals surface area contributed by atoms with Crippen molar-refractivity contribution in [3.05, 3.63) is 22.2 Å². The Balaban J connectivity index is 3.03. The first-order chi connectivity index (χ1) is 8.33. The van der Waals surface area contributed by atoms with Crippen molar-refractivity contribution in [3.8, 4) is 0 Å². The molecule has 0 aliphatic rings.